The monoisotopic (exact) mass is 462 g/mol. The van der Waals surface area contributed by atoms with Crippen molar-refractivity contribution >= 4 is 11.0 Å². The zero-order chi connectivity index (χ0) is 23.9. The molecule has 4 rings (SSSR count). The Hall–Kier alpha value is -3.35. The number of phenolic OH excluding ortho intramolecular Hbond substituents is 2. The molecular formula is C22H22O11. The van der Waals surface area contributed by atoms with E-state index in [1.54, 1.807) is 0 Å². The molecule has 0 spiro atoms. The lowest BCUT2D eigenvalue weighted by Gasteiger charge is -2.39. The van der Waals surface area contributed by atoms with Crippen LogP contribution in [0.4, 0.5) is 0 Å². The van der Waals surface area contributed by atoms with Crippen molar-refractivity contribution < 1.29 is 49.3 Å². The first-order valence-electron chi connectivity index (χ1n) is 9.89. The largest absolute Gasteiger partial charge is 0.508 e. The summed E-state index contributed by atoms with van der Waals surface area (Å²) in [6.45, 7) is -0.657. The van der Waals surface area contributed by atoms with E-state index in [0.29, 0.717) is 5.56 Å². The Bertz CT molecular complexity index is 1200. The number of fused-ring (bicyclic) bond motifs is 1. The molecule has 2 heterocycles. The van der Waals surface area contributed by atoms with Gasteiger partial charge in [-0.1, -0.05) is 0 Å². The zero-order valence-electron chi connectivity index (χ0n) is 17.3. The highest BCUT2D eigenvalue weighted by molar-refractivity contribution is 5.89. The second-order valence-corrected chi connectivity index (χ2v) is 7.47. The molecule has 176 valence electrons. The van der Waals surface area contributed by atoms with Crippen LogP contribution in [-0.2, 0) is 4.74 Å². The van der Waals surface area contributed by atoms with E-state index in [2.05, 4.69) is 0 Å². The molecule has 1 aliphatic rings. The molecule has 11 nitrogen and oxygen atoms in total. The molecule has 0 unspecified atom stereocenters. The molecule has 0 saturated carbocycles. The maximum Gasteiger partial charge on any atom is 0.229 e. The predicted octanol–water partition coefficient (Wildman–Crippen LogP) is 0.0585. The van der Waals surface area contributed by atoms with E-state index in [0.717, 1.165) is 0 Å². The predicted molar refractivity (Wildman–Crippen MR) is 112 cm³/mol. The zero-order valence-corrected chi connectivity index (χ0v) is 17.3. The number of ether oxygens (including phenoxy) is 3. The molecule has 1 saturated heterocycles. The van der Waals surface area contributed by atoms with Crippen LogP contribution in [0, 0.1) is 0 Å². The van der Waals surface area contributed by atoms with Gasteiger partial charge in [0, 0.05) is 17.7 Å². The first-order chi connectivity index (χ1) is 15.7. The number of hydrogen-bond donors (Lipinski definition) is 6. The molecular weight excluding hydrogens is 440 g/mol. The Morgan fingerprint density at radius 3 is 2.33 bits per heavy atom. The van der Waals surface area contributed by atoms with E-state index in [4.69, 9.17) is 18.6 Å². The van der Waals surface area contributed by atoms with Crippen molar-refractivity contribution in [2.24, 2.45) is 0 Å². The third-order valence-electron chi connectivity index (χ3n) is 5.36. The number of phenols is 2. The molecule has 2 aromatic carbocycles. The van der Waals surface area contributed by atoms with Crippen LogP contribution < -0.4 is 14.9 Å². The summed E-state index contributed by atoms with van der Waals surface area (Å²) in [4.78, 5) is 12.7. The summed E-state index contributed by atoms with van der Waals surface area (Å²) in [7, 11) is 1.22. The highest BCUT2D eigenvalue weighted by Gasteiger charge is 2.45. The van der Waals surface area contributed by atoms with E-state index in [9.17, 15) is 35.4 Å². The fraction of sp³-hybridized carbons (Fsp3) is 0.318. The third-order valence-corrected chi connectivity index (χ3v) is 5.36. The highest BCUT2D eigenvalue weighted by atomic mass is 16.7. The van der Waals surface area contributed by atoms with Gasteiger partial charge in [0.2, 0.25) is 12.0 Å². The average molecular weight is 462 g/mol. The van der Waals surface area contributed by atoms with Gasteiger partial charge >= 0.3 is 0 Å². The Morgan fingerprint density at radius 1 is 1.00 bits per heavy atom. The molecule has 11 heteroatoms. The minimum Gasteiger partial charge on any atom is -0.508 e. The minimum atomic E-state index is -1.71. The lowest BCUT2D eigenvalue weighted by atomic mass is 9.99. The maximum atomic E-state index is 12.7. The van der Waals surface area contributed by atoms with Crippen molar-refractivity contribution in [1.82, 2.24) is 0 Å². The fourth-order valence-electron chi connectivity index (χ4n) is 3.60. The standard InChI is InChI=1S/C22H22O11/c1-30-21-14(32-22-20(29)19(28)17(26)15(8-23)33-22)7-13-16(18(21)27)11(25)6-12(31-13)9-2-4-10(24)5-3-9/h2-7,15,17,19-20,22-24,26-29H,8H2,1H3/t15-,17-,19+,20-,22-/m1/s1. The van der Waals surface area contributed by atoms with Crippen LogP contribution in [0.5, 0.6) is 23.0 Å². The molecule has 33 heavy (non-hydrogen) atoms. The summed E-state index contributed by atoms with van der Waals surface area (Å²) >= 11 is 0. The first-order valence-corrected chi connectivity index (χ1v) is 9.89. The number of aliphatic hydroxyl groups excluding tert-OH is 4. The Morgan fingerprint density at radius 2 is 1.70 bits per heavy atom. The number of hydrogen-bond acceptors (Lipinski definition) is 11. The van der Waals surface area contributed by atoms with Crippen LogP contribution in [0.15, 0.2) is 45.6 Å². The van der Waals surface area contributed by atoms with Gasteiger partial charge in [-0.15, -0.1) is 0 Å². The van der Waals surface area contributed by atoms with Crippen LogP contribution in [0.25, 0.3) is 22.3 Å². The number of methoxy groups -OCH3 is 1. The van der Waals surface area contributed by atoms with Gasteiger partial charge in [0.1, 0.15) is 46.9 Å². The van der Waals surface area contributed by atoms with Gasteiger partial charge in [0.05, 0.1) is 13.7 Å². The van der Waals surface area contributed by atoms with Gasteiger partial charge in [-0.05, 0) is 24.3 Å². The molecule has 5 atom stereocenters. The van der Waals surface area contributed by atoms with Gasteiger partial charge in [0.25, 0.3) is 0 Å². The summed E-state index contributed by atoms with van der Waals surface area (Å²) < 4.78 is 21.9. The lowest BCUT2D eigenvalue weighted by Crippen LogP contribution is -2.60. The van der Waals surface area contributed by atoms with Gasteiger partial charge in [-0.25, -0.2) is 0 Å². The van der Waals surface area contributed by atoms with Gasteiger partial charge in [-0.3, -0.25) is 4.79 Å². The van der Waals surface area contributed by atoms with Gasteiger partial charge < -0.3 is 49.3 Å². The molecule has 3 aromatic rings. The van der Waals surface area contributed by atoms with E-state index in [1.807, 2.05) is 0 Å². The number of aromatic hydroxyl groups is 2. The van der Waals surface area contributed by atoms with Crippen LogP contribution in [0.2, 0.25) is 0 Å². The minimum absolute atomic E-state index is 0.0273. The summed E-state index contributed by atoms with van der Waals surface area (Å²) in [5.41, 5.74) is -0.170. The Labute approximate surface area is 186 Å². The fourth-order valence-corrected chi connectivity index (χ4v) is 3.60. The van der Waals surface area contributed by atoms with Crippen molar-refractivity contribution in [2.45, 2.75) is 30.7 Å². The average Bonchev–Trinajstić information content (AvgIpc) is 2.79. The Kier molecular flexibility index (Phi) is 6.15. The van der Waals surface area contributed by atoms with Crippen LogP contribution in [0.1, 0.15) is 0 Å². The number of aliphatic hydroxyl groups is 4. The maximum absolute atomic E-state index is 12.7. The van der Waals surface area contributed by atoms with E-state index >= 15 is 0 Å². The number of rotatable bonds is 5. The van der Waals surface area contributed by atoms with E-state index in [-0.39, 0.29) is 34.0 Å². The Balaban J connectivity index is 1.79. The lowest BCUT2D eigenvalue weighted by molar-refractivity contribution is -0.277. The second-order valence-electron chi connectivity index (χ2n) is 7.47. The normalized spacial score (nSPS) is 25.2. The summed E-state index contributed by atoms with van der Waals surface area (Å²) in [6.07, 6.45) is -7.74. The van der Waals surface area contributed by atoms with Crippen LogP contribution >= 0.6 is 0 Å². The smallest absolute Gasteiger partial charge is 0.229 e. The second kappa shape index (κ2) is 8.89. The number of benzene rings is 2. The first kappa shape index (κ1) is 22.8. The van der Waals surface area contributed by atoms with Gasteiger partial charge in [0.15, 0.2) is 16.9 Å². The van der Waals surface area contributed by atoms with Crippen LogP contribution in [0.3, 0.4) is 0 Å². The molecule has 0 radical (unpaired) electrons. The third kappa shape index (κ3) is 4.08. The topological polar surface area (TPSA) is 179 Å². The summed E-state index contributed by atoms with van der Waals surface area (Å²) in [5.74, 6) is -0.863. The van der Waals surface area contributed by atoms with Crippen molar-refractivity contribution in [2.75, 3.05) is 13.7 Å². The molecule has 1 fully saturated rings. The molecule has 0 amide bonds. The molecule has 1 aromatic heterocycles. The van der Waals surface area contributed by atoms with E-state index < -0.39 is 48.5 Å². The van der Waals surface area contributed by atoms with Crippen molar-refractivity contribution in [3.63, 3.8) is 0 Å². The quantitative estimate of drug-likeness (QED) is 0.302. The van der Waals surface area contributed by atoms with Crippen molar-refractivity contribution in [3.8, 4) is 34.3 Å². The summed E-state index contributed by atoms with van der Waals surface area (Å²) in [5, 5.41) is 59.5. The molecule has 0 aliphatic carbocycles. The molecule has 1 aliphatic heterocycles. The van der Waals surface area contributed by atoms with Crippen molar-refractivity contribution in [1.29, 1.82) is 0 Å². The van der Waals surface area contributed by atoms with E-state index in [1.165, 1.54) is 43.5 Å². The molecule has 0 bridgehead atoms. The van der Waals surface area contributed by atoms with Crippen LogP contribution in [-0.4, -0.2) is 75.1 Å². The highest BCUT2D eigenvalue weighted by Crippen LogP contribution is 2.43. The molecule has 6 N–H and O–H groups in total. The van der Waals surface area contributed by atoms with Crippen molar-refractivity contribution in [3.05, 3.63) is 46.6 Å². The summed E-state index contributed by atoms with van der Waals surface area (Å²) in [6, 6.07) is 8.31. The van der Waals surface area contributed by atoms with Gasteiger partial charge in [-0.2, -0.15) is 0 Å². The SMILES string of the molecule is COc1c(O[C@@H]2O[C@H](CO)[C@@H](O)[C@H](O)[C@H]2O)cc2oc(-c3ccc(O)cc3)cc(=O)c2c1O.